The van der Waals surface area contributed by atoms with Crippen LogP contribution in [0.3, 0.4) is 0 Å². The molecule has 4 rings (SSSR count). The highest BCUT2D eigenvalue weighted by Crippen LogP contribution is 2.40. The quantitative estimate of drug-likeness (QED) is 0.337. The maximum absolute atomic E-state index is 13.4. The first-order chi connectivity index (χ1) is 16.1. The first-order valence-electron chi connectivity index (χ1n) is 11.5. The van der Waals surface area contributed by atoms with Gasteiger partial charge in [-0.3, -0.25) is 9.59 Å². The van der Waals surface area contributed by atoms with Crippen LogP contribution >= 0.6 is 11.3 Å². The maximum Gasteiger partial charge on any atom is 0.295 e. The summed E-state index contributed by atoms with van der Waals surface area (Å²) in [6.45, 7) is 7.38. The van der Waals surface area contributed by atoms with Crippen LogP contribution in [0.15, 0.2) is 47.4 Å². The molecule has 1 aromatic carbocycles. The number of likely N-dealkylation sites (tertiary alicyclic amines) is 1. The standard InChI is InChI=1S/C25H30N2O5S/c1-2-14-32-19-8-6-18(7-9-19)23(28)21-22(20-5-3-17-33-20)27(25(30)24(21)29)11-4-10-26-12-15-31-16-13-26/h3,5-9,17,22,28H,2,4,10-16H2,1H3/b23-21+. The van der Waals surface area contributed by atoms with Crippen molar-refractivity contribution in [2.45, 2.75) is 25.8 Å². The molecule has 2 aromatic rings. The third kappa shape index (κ3) is 5.29. The van der Waals surface area contributed by atoms with Crippen molar-refractivity contribution in [1.82, 2.24) is 4.90 Å². The molecule has 0 bridgehead atoms. The number of quaternary nitrogens is 1. The van der Waals surface area contributed by atoms with Gasteiger partial charge in [-0.05, 0) is 35.6 Å². The summed E-state index contributed by atoms with van der Waals surface area (Å²) >= 11 is 1.46. The summed E-state index contributed by atoms with van der Waals surface area (Å²) < 4.78 is 11.0. The molecule has 2 aliphatic rings. The Kier molecular flexibility index (Phi) is 7.80. The number of ketones is 1. The lowest BCUT2D eigenvalue weighted by Crippen LogP contribution is -3.14. The molecule has 0 saturated carbocycles. The Morgan fingerprint density at radius 3 is 2.64 bits per heavy atom. The topological polar surface area (TPSA) is 83.3 Å². The van der Waals surface area contributed by atoms with Gasteiger partial charge in [0.15, 0.2) is 0 Å². The molecule has 0 radical (unpaired) electrons. The fourth-order valence-corrected chi connectivity index (χ4v) is 5.18. The summed E-state index contributed by atoms with van der Waals surface area (Å²) in [5.74, 6) is -0.996. The zero-order valence-corrected chi connectivity index (χ0v) is 19.7. The number of rotatable bonds is 9. The molecule has 176 valence electrons. The van der Waals surface area contributed by atoms with E-state index < -0.39 is 23.5 Å². The van der Waals surface area contributed by atoms with Crippen LogP contribution in [0.4, 0.5) is 0 Å². The number of nitrogens with zero attached hydrogens (tertiary/aromatic N) is 1. The Morgan fingerprint density at radius 1 is 1.21 bits per heavy atom. The smallest absolute Gasteiger partial charge is 0.295 e. The van der Waals surface area contributed by atoms with Gasteiger partial charge in [0.25, 0.3) is 5.91 Å². The number of benzene rings is 1. The van der Waals surface area contributed by atoms with Crippen LogP contribution < -0.4 is 14.7 Å². The number of carbonyl (C=O) groups is 2. The van der Waals surface area contributed by atoms with Crippen molar-refractivity contribution in [3.05, 3.63) is 57.8 Å². The van der Waals surface area contributed by atoms with Gasteiger partial charge in [-0.2, -0.15) is 0 Å². The van der Waals surface area contributed by atoms with Crippen molar-refractivity contribution in [3.63, 3.8) is 0 Å². The van der Waals surface area contributed by atoms with Crippen LogP contribution in [0.2, 0.25) is 0 Å². The molecule has 1 atom stereocenters. The Morgan fingerprint density at radius 2 is 1.97 bits per heavy atom. The minimum atomic E-state index is -0.691. The van der Waals surface area contributed by atoms with Crippen molar-refractivity contribution >= 4 is 28.8 Å². The Balaban J connectivity index is 1.58. The Hall–Kier alpha value is -2.68. The molecular formula is C25H30N2O5S. The normalized spacial score (nSPS) is 21.0. The van der Waals surface area contributed by atoms with Gasteiger partial charge in [0.05, 0.1) is 32.4 Å². The van der Waals surface area contributed by atoms with Crippen LogP contribution in [-0.2, 0) is 14.3 Å². The molecule has 1 N–H and O–H groups in total. The van der Waals surface area contributed by atoms with E-state index in [1.54, 1.807) is 29.2 Å². The van der Waals surface area contributed by atoms with E-state index in [2.05, 4.69) is 0 Å². The fourth-order valence-electron chi connectivity index (χ4n) is 4.33. The van der Waals surface area contributed by atoms with E-state index in [1.807, 2.05) is 24.4 Å². The zero-order chi connectivity index (χ0) is 23.2. The molecule has 8 heteroatoms. The number of Topliss-reactive ketones (excluding diaryl/α,β-unsaturated/α-hetero) is 1. The average molecular weight is 471 g/mol. The largest absolute Gasteiger partial charge is 0.872 e. The molecule has 7 nitrogen and oxygen atoms in total. The average Bonchev–Trinajstić information content (AvgIpc) is 3.46. The Labute approximate surface area is 198 Å². The molecule has 1 aromatic heterocycles. The molecule has 1 amide bonds. The van der Waals surface area contributed by atoms with Gasteiger partial charge in [0.1, 0.15) is 18.8 Å². The molecule has 0 spiro atoms. The fraction of sp³-hybridized carbons (Fsp3) is 0.440. The van der Waals surface area contributed by atoms with Gasteiger partial charge in [0.2, 0.25) is 5.78 Å². The van der Waals surface area contributed by atoms with Gasteiger partial charge in [0, 0.05) is 23.4 Å². The van der Waals surface area contributed by atoms with Crippen LogP contribution in [0.1, 0.15) is 36.2 Å². The van der Waals surface area contributed by atoms with Crippen molar-refractivity contribution in [3.8, 4) is 5.75 Å². The highest BCUT2D eigenvalue weighted by Gasteiger charge is 2.44. The molecule has 0 aliphatic carbocycles. The number of hydrogen-bond donors (Lipinski definition) is 1. The van der Waals surface area contributed by atoms with E-state index in [9.17, 15) is 14.7 Å². The first kappa shape index (κ1) is 23.5. The number of carbonyl (C=O) groups excluding carboxylic acids is 2. The van der Waals surface area contributed by atoms with Gasteiger partial charge in [-0.1, -0.05) is 30.9 Å². The number of amides is 1. The minimum Gasteiger partial charge on any atom is -0.872 e. The van der Waals surface area contributed by atoms with Gasteiger partial charge in [-0.15, -0.1) is 11.3 Å². The van der Waals surface area contributed by atoms with E-state index in [0.717, 1.165) is 50.6 Å². The lowest BCUT2D eigenvalue weighted by atomic mass is 10.00. The van der Waals surface area contributed by atoms with Gasteiger partial charge in [-0.25, -0.2) is 0 Å². The third-order valence-electron chi connectivity index (χ3n) is 6.06. The Bertz CT molecular complexity index is 981. The first-order valence-corrected chi connectivity index (χ1v) is 12.4. The lowest BCUT2D eigenvalue weighted by molar-refractivity contribution is -0.908. The lowest BCUT2D eigenvalue weighted by Gasteiger charge is -2.28. The summed E-state index contributed by atoms with van der Waals surface area (Å²) in [6.07, 6.45) is 1.65. The second-order valence-corrected chi connectivity index (χ2v) is 9.31. The van der Waals surface area contributed by atoms with Crippen molar-refractivity contribution < 1.29 is 29.1 Å². The molecule has 2 saturated heterocycles. The molecular weight excluding hydrogens is 440 g/mol. The van der Waals surface area contributed by atoms with Crippen molar-refractivity contribution in [2.75, 3.05) is 46.0 Å². The van der Waals surface area contributed by atoms with Crippen molar-refractivity contribution in [1.29, 1.82) is 0 Å². The highest BCUT2D eigenvalue weighted by atomic mass is 32.1. The molecule has 2 fully saturated rings. The minimum absolute atomic E-state index is 0.0448. The SMILES string of the molecule is CCCOc1ccc(/C([O-])=C2\C(=O)C(=O)N(CCC[NH+]3CCOCC3)C2c2cccs2)cc1. The summed E-state index contributed by atoms with van der Waals surface area (Å²) in [4.78, 5) is 29.8. The molecule has 1 unspecified atom stereocenters. The van der Waals surface area contributed by atoms with E-state index in [4.69, 9.17) is 9.47 Å². The van der Waals surface area contributed by atoms with E-state index in [0.29, 0.717) is 24.5 Å². The van der Waals surface area contributed by atoms with Gasteiger partial charge >= 0.3 is 0 Å². The number of morpholine rings is 1. The number of hydrogen-bond acceptors (Lipinski definition) is 6. The van der Waals surface area contributed by atoms with Gasteiger partial charge < -0.3 is 24.4 Å². The predicted octanol–water partition coefficient (Wildman–Crippen LogP) is 1.07. The van der Waals surface area contributed by atoms with Crippen molar-refractivity contribution in [2.24, 2.45) is 0 Å². The highest BCUT2D eigenvalue weighted by molar-refractivity contribution is 7.10. The van der Waals surface area contributed by atoms with Crippen LogP contribution in [-0.4, -0.2) is 62.6 Å². The predicted molar refractivity (Wildman–Crippen MR) is 124 cm³/mol. The van der Waals surface area contributed by atoms with E-state index in [1.165, 1.54) is 16.2 Å². The van der Waals surface area contributed by atoms with Crippen LogP contribution in [0.5, 0.6) is 5.75 Å². The summed E-state index contributed by atoms with van der Waals surface area (Å²) in [7, 11) is 0. The monoisotopic (exact) mass is 470 g/mol. The number of ether oxygens (including phenoxy) is 2. The second-order valence-electron chi connectivity index (χ2n) is 8.33. The third-order valence-corrected chi connectivity index (χ3v) is 6.99. The maximum atomic E-state index is 13.4. The number of thiophene rings is 1. The molecule has 33 heavy (non-hydrogen) atoms. The summed E-state index contributed by atoms with van der Waals surface area (Å²) in [6, 6.07) is 9.92. The summed E-state index contributed by atoms with van der Waals surface area (Å²) in [5, 5.41) is 15.3. The second kappa shape index (κ2) is 11.0. The number of nitrogens with one attached hydrogen (secondary N) is 1. The van der Waals surface area contributed by atoms with E-state index >= 15 is 0 Å². The van der Waals surface area contributed by atoms with Crippen LogP contribution in [0.25, 0.3) is 5.76 Å². The molecule has 3 heterocycles. The molecule has 2 aliphatic heterocycles. The van der Waals surface area contributed by atoms with E-state index in [-0.39, 0.29) is 5.57 Å². The van der Waals surface area contributed by atoms with Crippen LogP contribution in [0, 0.1) is 0 Å². The summed E-state index contributed by atoms with van der Waals surface area (Å²) in [5.41, 5.74) is 0.430. The zero-order valence-electron chi connectivity index (χ0n) is 18.9.